The van der Waals surface area contributed by atoms with Crippen molar-refractivity contribution in [3.05, 3.63) is 212 Å². The number of para-hydroxylation sites is 4. The van der Waals surface area contributed by atoms with Crippen LogP contribution in [0.1, 0.15) is 0 Å². The lowest BCUT2D eigenvalue weighted by Gasteiger charge is -2.14. The second-order valence-electron chi connectivity index (χ2n) is 16.0. The Labute approximate surface area is 361 Å². The van der Waals surface area contributed by atoms with Crippen molar-refractivity contribution in [2.24, 2.45) is 0 Å². The van der Waals surface area contributed by atoms with E-state index in [1.807, 2.05) is 60.7 Å². The van der Waals surface area contributed by atoms with Crippen LogP contribution in [-0.4, -0.2) is 24.1 Å². The van der Waals surface area contributed by atoms with E-state index < -0.39 is 0 Å². The summed E-state index contributed by atoms with van der Waals surface area (Å²) in [6.45, 7) is 0. The third-order valence-electron chi connectivity index (χ3n) is 12.4. The molecule has 0 radical (unpaired) electrons. The van der Waals surface area contributed by atoms with Crippen LogP contribution in [0, 0.1) is 0 Å². The molecule has 13 aromatic rings. The van der Waals surface area contributed by atoms with Crippen LogP contribution in [0.3, 0.4) is 0 Å². The van der Waals surface area contributed by atoms with Crippen LogP contribution >= 0.6 is 0 Å². The van der Waals surface area contributed by atoms with Crippen LogP contribution in [0.15, 0.2) is 217 Å². The van der Waals surface area contributed by atoms with Gasteiger partial charge in [0, 0.05) is 43.7 Å². The molecule has 0 bridgehead atoms. The van der Waals surface area contributed by atoms with E-state index in [2.05, 4.69) is 161 Å². The quantitative estimate of drug-likeness (QED) is 0.168. The summed E-state index contributed by atoms with van der Waals surface area (Å²) in [5.74, 6) is 1.76. The fourth-order valence-corrected chi connectivity index (χ4v) is 9.58. The molecule has 13 rings (SSSR count). The zero-order chi connectivity index (χ0) is 41.4. The Balaban J connectivity index is 1.10. The highest BCUT2D eigenvalue weighted by Gasteiger charge is 2.25. The van der Waals surface area contributed by atoms with Crippen LogP contribution in [0.2, 0.25) is 0 Å². The zero-order valence-electron chi connectivity index (χ0n) is 33.9. The maximum atomic E-state index is 6.97. The summed E-state index contributed by atoms with van der Waals surface area (Å²) in [6.07, 6.45) is 0. The summed E-state index contributed by atoms with van der Waals surface area (Å²) in [4.78, 5) is 15.2. The first-order valence-electron chi connectivity index (χ1n) is 21.2. The molecule has 0 unspecified atom stereocenters. The summed E-state index contributed by atoms with van der Waals surface area (Å²) >= 11 is 0. The van der Waals surface area contributed by atoms with Crippen molar-refractivity contribution in [3.8, 4) is 56.7 Å². The number of rotatable bonds is 6. The van der Waals surface area contributed by atoms with Crippen LogP contribution in [0.5, 0.6) is 0 Å². The minimum absolute atomic E-state index is 0.552. The first-order valence-corrected chi connectivity index (χ1v) is 21.2. The molecule has 9 aromatic carbocycles. The van der Waals surface area contributed by atoms with E-state index in [1.54, 1.807) is 0 Å². The molecule has 0 saturated heterocycles. The van der Waals surface area contributed by atoms with Gasteiger partial charge in [0.25, 0.3) is 0 Å². The minimum Gasteiger partial charge on any atom is -0.455 e. The van der Waals surface area contributed by atoms with Crippen molar-refractivity contribution in [2.45, 2.75) is 0 Å². The zero-order valence-corrected chi connectivity index (χ0v) is 33.9. The van der Waals surface area contributed by atoms with Gasteiger partial charge in [-0.25, -0.2) is 15.0 Å². The summed E-state index contributed by atoms with van der Waals surface area (Å²) in [5.41, 5.74) is 13.2. The van der Waals surface area contributed by atoms with Crippen molar-refractivity contribution in [2.75, 3.05) is 0 Å². The summed E-state index contributed by atoms with van der Waals surface area (Å²) in [7, 11) is 0. The standard InChI is InChI=1S/C57H35N5O/c1-5-17-36(18-6-1)39-31-33-48-46(35-39)41-25-13-14-29-47(41)62(48)49-30-16-26-42-43-32-34-50-51(53(43)61(52(42)49)40-23-11-4-12-24-40)44-27-15-28-45(54(44)63-50)57-59-55(37-19-7-2-8-20-37)58-56(60-57)38-21-9-3-10-22-38/h1-35H. The highest BCUT2D eigenvalue weighted by atomic mass is 16.3. The Bertz CT molecular complexity index is 3830. The van der Waals surface area contributed by atoms with E-state index in [0.29, 0.717) is 17.5 Å². The molecule has 0 N–H and O–H groups in total. The third kappa shape index (κ3) is 5.48. The van der Waals surface area contributed by atoms with Crippen LogP contribution < -0.4 is 0 Å². The number of furan rings is 1. The summed E-state index contributed by atoms with van der Waals surface area (Å²) in [6, 6.07) is 74.4. The number of aromatic nitrogens is 5. The van der Waals surface area contributed by atoms with Gasteiger partial charge in [0.2, 0.25) is 0 Å². The normalized spacial score (nSPS) is 11.8. The molecule has 0 amide bonds. The average molecular weight is 806 g/mol. The SMILES string of the molecule is c1ccc(-c2ccc3c(c2)c2ccccc2n3-c2cccc3c4ccc5oc6c(-c7nc(-c8ccccc8)nc(-c8ccccc8)n7)cccc6c5c4n(-c4ccccc4)c23)cc1. The molecule has 0 aliphatic heterocycles. The molecule has 294 valence electrons. The Morgan fingerprint density at radius 2 is 0.921 bits per heavy atom. The summed E-state index contributed by atoms with van der Waals surface area (Å²) < 4.78 is 11.9. The highest BCUT2D eigenvalue weighted by Crippen LogP contribution is 2.45. The number of fused-ring (bicyclic) bond motifs is 10. The lowest BCUT2D eigenvalue weighted by Crippen LogP contribution is -2.00. The second-order valence-corrected chi connectivity index (χ2v) is 16.0. The van der Waals surface area contributed by atoms with Crippen molar-refractivity contribution in [1.29, 1.82) is 0 Å². The monoisotopic (exact) mass is 805 g/mol. The van der Waals surface area contributed by atoms with E-state index in [-0.39, 0.29) is 0 Å². The number of benzene rings is 9. The first-order chi connectivity index (χ1) is 31.3. The molecule has 0 aliphatic carbocycles. The maximum absolute atomic E-state index is 6.97. The molecule has 6 heteroatoms. The minimum atomic E-state index is 0.552. The smallest absolute Gasteiger partial charge is 0.167 e. The van der Waals surface area contributed by atoms with Gasteiger partial charge < -0.3 is 13.6 Å². The Kier molecular flexibility index (Phi) is 7.80. The van der Waals surface area contributed by atoms with E-state index in [0.717, 1.165) is 82.8 Å². The van der Waals surface area contributed by atoms with Gasteiger partial charge in [-0.3, -0.25) is 0 Å². The van der Waals surface area contributed by atoms with Crippen molar-refractivity contribution in [3.63, 3.8) is 0 Å². The van der Waals surface area contributed by atoms with E-state index >= 15 is 0 Å². The highest BCUT2D eigenvalue weighted by molar-refractivity contribution is 6.26. The molecule has 0 atom stereocenters. The first kappa shape index (κ1) is 35.2. The van der Waals surface area contributed by atoms with Gasteiger partial charge in [-0.2, -0.15) is 0 Å². The van der Waals surface area contributed by atoms with Gasteiger partial charge in [0.1, 0.15) is 11.2 Å². The molecule has 0 spiro atoms. The largest absolute Gasteiger partial charge is 0.455 e. The van der Waals surface area contributed by atoms with E-state index in [1.165, 1.54) is 21.9 Å². The number of hydrogen-bond donors (Lipinski definition) is 0. The van der Waals surface area contributed by atoms with Gasteiger partial charge in [-0.1, -0.05) is 158 Å². The van der Waals surface area contributed by atoms with Crippen LogP contribution in [0.25, 0.3) is 122 Å². The Hall–Kier alpha value is -8.61. The third-order valence-corrected chi connectivity index (χ3v) is 12.4. The fraction of sp³-hybridized carbons (Fsp3) is 0. The summed E-state index contributed by atoms with van der Waals surface area (Å²) in [5, 5.41) is 6.74. The number of hydrogen-bond acceptors (Lipinski definition) is 4. The van der Waals surface area contributed by atoms with Crippen molar-refractivity contribution in [1.82, 2.24) is 24.1 Å². The molecule has 63 heavy (non-hydrogen) atoms. The maximum Gasteiger partial charge on any atom is 0.167 e. The van der Waals surface area contributed by atoms with Crippen LogP contribution in [-0.2, 0) is 0 Å². The van der Waals surface area contributed by atoms with Gasteiger partial charge in [-0.05, 0) is 65.7 Å². The molecule has 6 nitrogen and oxygen atoms in total. The predicted molar refractivity (Wildman–Crippen MR) is 258 cm³/mol. The van der Waals surface area contributed by atoms with E-state index in [4.69, 9.17) is 19.4 Å². The molecule has 0 fully saturated rings. The molecule has 0 aliphatic rings. The average Bonchev–Trinajstić information content (AvgIpc) is 4.02. The lowest BCUT2D eigenvalue weighted by atomic mass is 10.0. The van der Waals surface area contributed by atoms with Crippen molar-refractivity contribution < 1.29 is 4.42 Å². The molecule has 0 saturated carbocycles. The van der Waals surface area contributed by atoms with Gasteiger partial charge in [0.05, 0.1) is 38.7 Å². The predicted octanol–water partition coefficient (Wildman–Crippen LogP) is 14.6. The molecular weight excluding hydrogens is 771 g/mol. The Morgan fingerprint density at radius 1 is 0.349 bits per heavy atom. The molecular formula is C57H35N5O. The van der Waals surface area contributed by atoms with Gasteiger partial charge in [0.15, 0.2) is 17.5 Å². The second kappa shape index (κ2) is 14.0. The van der Waals surface area contributed by atoms with Gasteiger partial charge >= 0.3 is 0 Å². The Morgan fingerprint density at radius 3 is 1.65 bits per heavy atom. The van der Waals surface area contributed by atoms with Gasteiger partial charge in [-0.15, -0.1) is 0 Å². The van der Waals surface area contributed by atoms with E-state index in [9.17, 15) is 0 Å². The fourth-order valence-electron chi connectivity index (χ4n) is 9.58. The lowest BCUT2D eigenvalue weighted by molar-refractivity contribution is 0.669. The topological polar surface area (TPSA) is 61.7 Å². The van der Waals surface area contributed by atoms with Crippen LogP contribution in [0.4, 0.5) is 0 Å². The number of nitrogens with zero attached hydrogens (tertiary/aromatic N) is 5. The van der Waals surface area contributed by atoms with Crippen molar-refractivity contribution >= 4 is 65.6 Å². The molecule has 4 heterocycles. The molecule has 4 aromatic heterocycles.